The first-order chi connectivity index (χ1) is 12.7. The molecule has 140 valence electrons. The summed E-state index contributed by atoms with van der Waals surface area (Å²) in [6.45, 7) is 2.12. The molecular formula is C23H31NO2. The Morgan fingerprint density at radius 2 is 1.85 bits per heavy atom. The number of fused-ring (bicyclic) bond motifs is 2. The van der Waals surface area contributed by atoms with Gasteiger partial charge in [-0.1, -0.05) is 37.1 Å². The van der Waals surface area contributed by atoms with Gasteiger partial charge in [-0.05, 0) is 72.5 Å². The van der Waals surface area contributed by atoms with E-state index in [9.17, 15) is 4.79 Å². The van der Waals surface area contributed by atoms with Gasteiger partial charge in [0, 0.05) is 19.2 Å². The van der Waals surface area contributed by atoms with Crippen molar-refractivity contribution in [2.24, 2.45) is 23.2 Å². The number of hydrogen-bond donors (Lipinski definition) is 1. The number of carbonyl (C=O) groups excluding carboxylic acids is 1. The molecule has 3 saturated carbocycles. The Kier molecular flexibility index (Phi) is 5.17. The lowest BCUT2D eigenvalue weighted by atomic mass is 9.49. The van der Waals surface area contributed by atoms with Gasteiger partial charge < -0.3 is 10.1 Å². The number of esters is 1. The third-order valence-corrected chi connectivity index (χ3v) is 7.17. The molecular weight excluding hydrogens is 322 g/mol. The van der Waals surface area contributed by atoms with Crippen molar-refractivity contribution in [3.63, 3.8) is 0 Å². The van der Waals surface area contributed by atoms with Gasteiger partial charge in [0.05, 0.1) is 7.11 Å². The van der Waals surface area contributed by atoms with E-state index in [0.717, 1.165) is 29.9 Å². The lowest BCUT2D eigenvalue weighted by Gasteiger charge is -2.57. The van der Waals surface area contributed by atoms with Crippen molar-refractivity contribution in [1.82, 2.24) is 5.32 Å². The smallest absolute Gasteiger partial charge is 0.330 e. The molecule has 2 unspecified atom stereocenters. The predicted molar refractivity (Wildman–Crippen MR) is 104 cm³/mol. The molecule has 3 heteroatoms. The molecule has 0 radical (unpaired) electrons. The number of methoxy groups -OCH3 is 1. The summed E-state index contributed by atoms with van der Waals surface area (Å²) in [5, 5.41) is 3.79. The lowest BCUT2D eigenvalue weighted by Crippen LogP contribution is -2.51. The Morgan fingerprint density at radius 3 is 2.50 bits per heavy atom. The van der Waals surface area contributed by atoms with E-state index in [1.165, 1.54) is 70.2 Å². The topological polar surface area (TPSA) is 38.3 Å². The Hall–Kier alpha value is -1.61. The molecule has 3 aliphatic rings. The van der Waals surface area contributed by atoms with Crippen LogP contribution in [0.25, 0.3) is 6.08 Å². The highest BCUT2D eigenvalue weighted by atomic mass is 16.5. The molecule has 0 amide bonds. The second-order valence-corrected chi connectivity index (χ2v) is 8.79. The van der Waals surface area contributed by atoms with Crippen LogP contribution in [0.3, 0.4) is 0 Å². The monoisotopic (exact) mass is 353 g/mol. The van der Waals surface area contributed by atoms with E-state index in [4.69, 9.17) is 0 Å². The summed E-state index contributed by atoms with van der Waals surface area (Å²) < 4.78 is 4.62. The molecule has 3 aliphatic carbocycles. The molecule has 0 saturated heterocycles. The minimum atomic E-state index is -0.317. The van der Waals surface area contributed by atoms with Gasteiger partial charge >= 0.3 is 5.97 Å². The summed E-state index contributed by atoms with van der Waals surface area (Å²) >= 11 is 0. The zero-order valence-corrected chi connectivity index (χ0v) is 15.9. The van der Waals surface area contributed by atoms with Gasteiger partial charge in [-0.15, -0.1) is 0 Å². The normalized spacial score (nSPS) is 32.7. The van der Waals surface area contributed by atoms with Crippen molar-refractivity contribution in [1.29, 1.82) is 0 Å². The molecule has 3 fully saturated rings. The number of rotatable bonds is 6. The van der Waals surface area contributed by atoms with Gasteiger partial charge in [0.2, 0.25) is 0 Å². The van der Waals surface area contributed by atoms with Crippen molar-refractivity contribution in [3.8, 4) is 0 Å². The number of benzene rings is 1. The maximum absolute atomic E-state index is 11.2. The van der Waals surface area contributed by atoms with Crippen LogP contribution in [-0.2, 0) is 16.1 Å². The standard InChI is InChI=1S/C23H31NO2/c1-26-22(25)11-8-17-2-4-18(5-3-17)15-24-16-23-13-19-6-9-21(23)10-7-20(12-19)14-23/h2-5,8,11,19-21,24H,6-7,9-10,12-16H2,1H3/b11-8+. The number of carbonyl (C=O) groups is 1. The average molecular weight is 354 g/mol. The zero-order chi connectivity index (χ0) is 18.0. The van der Waals surface area contributed by atoms with Crippen LogP contribution in [0.2, 0.25) is 0 Å². The van der Waals surface area contributed by atoms with E-state index in [1.807, 2.05) is 0 Å². The highest BCUT2D eigenvalue weighted by Crippen LogP contribution is 2.59. The van der Waals surface area contributed by atoms with Crippen molar-refractivity contribution < 1.29 is 9.53 Å². The summed E-state index contributed by atoms with van der Waals surface area (Å²) in [5.41, 5.74) is 2.93. The molecule has 4 rings (SSSR count). The van der Waals surface area contributed by atoms with Crippen LogP contribution in [-0.4, -0.2) is 19.6 Å². The molecule has 3 bridgehead atoms. The van der Waals surface area contributed by atoms with Gasteiger partial charge in [-0.2, -0.15) is 0 Å². The van der Waals surface area contributed by atoms with Gasteiger partial charge in [0.1, 0.15) is 0 Å². The van der Waals surface area contributed by atoms with Gasteiger partial charge in [0.15, 0.2) is 0 Å². The summed E-state index contributed by atoms with van der Waals surface area (Å²) in [6.07, 6.45) is 13.6. The summed E-state index contributed by atoms with van der Waals surface area (Å²) in [7, 11) is 1.40. The first-order valence-corrected chi connectivity index (χ1v) is 10.2. The molecule has 2 atom stereocenters. The van der Waals surface area contributed by atoms with Crippen LogP contribution in [0.4, 0.5) is 0 Å². The van der Waals surface area contributed by atoms with E-state index in [2.05, 4.69) is 34.3 Å². The minimum absolute atomic E-state index is 0.317. The first kappa shape index (κ1) is 17.8. The van der Waals surface area contributed by atoms with Crippen molar-refractivity contribution in [2.75, 3.05) is 13.7 Å². The van der Waals surface area contributed by atoms with Crippen LogP contribution in [0.1, 0.15) is 56.1 Å². The highest BCUT2D eigenvalue weighted by molar-refractivity contribution is 5.86. The van der Waals surface area contributed by atoms with Gasteiger partial charge in [0.25, 0.3) is 0 Å². The summed E-state index contributed by atoms with van der Waals surface area (Å²) in [4.78, 5) is 11.2. The first-order valence-electron chi connectivity index (χ1n) is 10.2. The Labute approximate surface area is 157 Å². The molecule has 1 aromatic carbocycles. The summed E-state index contributed by atoms with van der Waals surface area (Å²) in [5.74, 6) is 2.66. The SMILES string of the molecule is COC(=O)/C=C/c1ccc(CNCC23CC4CCC2CCC(C4)C3)cc1. The molecule has 0 aromatic heterocycles. The van der Waals surface area contributed by atoms with Crippen LogP contribution in [0.15, 0.2) is 30.3 Å². The number of nitrogens with one attached hydrogen (secondary N) is 1. The third-order valence-electron chi connectivity index (χ3n) is 7.17. The molecule has 0 heterocycles. The van der Waals surface area contributed by atoms with E-state index < -0.39 is 0 Å². The molecule has 1 N–H and O–H groups in total. The Bertz CT molecular complexity index is 647. The minimum Gasteiger partial charge on any atom is -0.466 e. The van der Waals surface area contributed by atoms with E-state index in [1.54, 1.807) is 6.08 Å². The van der Waals surface area contributed by atoms with Crippen LogP contribution < -0.4 is 5.32 Å². The third kappa shape index (κ3) is 3.73. The van der Waals surface area contributed by atoms with E-state index in [0.29, 0.717) is 5.41 Å². The average Bonchev–Trinajstić information content (AvgIpc) is 2.65. The lowest BCUT2D eigenvalue weighted by molar-refractivity contribution is -0.134. The number of ether oxygens (including phenoxy) is 1. The van der Waals surface area contributed by atoms with Gasteiger partial charge in [-0.25, -0.2) is 4.79 Å². The molecule has 1 aromatic rings. The van der Waals surface area contributed by atoms with Crippen LogP contribution >= 0.6 is 0 Å². The van der Waals surface area contributed by atoms with Crippen molar-refractivity contribution in [3.05, 3.63) is 41.5 Å². The van der Waals surface area contributed by atoms with Crippen LogP contribution in [0.5, 0.6) is 0 Å². The van der Waals surface area contributed by atoms with Crippen molar-refractivity contribution >= 4 is 12.0 Å². The van der Waals surface area contributed by atoms with E-state index >= 15 is 0 Å². The molecule has 0 spiro atoms. The maximum Gasteiger partial charge on any atom is 0.330 e. The Balaban J connectivity index is 1.32. The quantitative estimate of drug-likeness (QED) is 0.601. The summed E-state index contributed by atoms with van der Waals surface area (Å²) in [6, 6.07) is 8.43. The molecule has 26 heavy (non-hydrogen) atoms. The maximum atomic E-state index is 11.2. The largest absolute Gasteiger partial charge is 0.466 e. The second-order valence-electron chi connectivity index (χ2n) is 8.79. The highest BCUT2D eigenvalue weighted by Gasteiger charge is 2.50. The Morgan fingerprint density at radius 1 is 1.15 bits per heavy atom. The van der Waals surface area contributed by atoms with Crippen LogP contribution in [0, 0.1) is 23.2 Å². The van der Waals surface area contributed by atoms with Gasteiger partial charge in [-0.3, -0.25) is 0 Å². The fourth-order valence-corrected chi connectivity index (χ4v) is 6.00. The fourth-order valence-electron chi connectivity index (χ4n) is 6.00. The second kappa shape index (κ2) is 7.56. The molecule has 0 aliphatic heterocycles. The van der Waals surface area contributed by atoms with Crippen molar-refractivity contribution in [2.45, 2.75) is 51.5 Å². The predicted octanol–water partition coefficient (Wildman–Crippen LogP) is 4.57. The fraction of sp³-hybridized carbons (Fsp3) is 0.609. The zero-order valence-electron chi connectivity index (χ0n) is 15.9. The number of hydrogen-bond acceptors (Lipinski definition) is 3. The van der Waals surface area contributed by atoms with E-state index in [-0.39, 0.29) is 5.97 Å². The molecule has 3 nitrogen and oxygen atoms in total.